The van der Waals surface area contributed by atoms with E-state index in [1.807, 2.05) is 42.5 Å². The molecular formula is C29H39NO3S. The zero-order valence-electron chi connectivity index (χ0n) is 21.3. The summed E-state index contributed by atoms with van der Waals surface area (Å²) in [6.45, 7) is 9.25. The Morgan fingerprint density at radius 2 is 1.74 bits per heavy atom. The van der Waals surface area contributed by atoms with Crippen LogP contribution in [0.2, 0.25) is 0 Å². The molecule has 0 bridgehead atoms. The maximum atomic E-state index is 12.9. The molecule has 34 heavy (non-hydrogen) atoms. The van der Waals surface area contributed by atoms with Gasteiger partial charge in [0, 0.05) is 19.4 Å². The number of hydrogen-bond acceptors (Lipinski definition) is 5. The first-order valence-corrected chi connectivity index (χ1v) is 13.1. The van der Waals surface area contributed by atoms with Crippen LogP contribution in [0.4, 0.5) is 0 Å². The molecule has 1 unspecified atom stereocenters. The van der Waals surface area contributed by atoms with Gasteiger partial charge in [-0.15, -0.1) is 0 Å². The Balaban J connectivity index is 2.05. The number of carbonyl (C=O) groups is 1. The summed E-state index contributed by atoms with van der Waals surface area (Å²) in [7, 11) is 1.72. The smallest absolute Gasteiger partial charge is 0.189 e. The van der Waals surface area contributed by atoms with E-state index in [4.69, 9.17) is 9.47 Å². The summed E-state index contributed by atoms with van der Waals surface area (Å²) in [6.07, 6.45) is 3.73. The minimum absolute atomic E-state index is 0.0567. The number of rotatable bonds is 14. The number of ether oxygens (including phenoxy) is 2. The highest BCUT2D eigenvalue weighted by atomic mass is 32.2. The van der Waals surface area contributed by atoms with E-state index in [9.17, 15) is 10.1 Å². The fourth-order valence-electron chi connectivity index (χ4n) is 4.13. The minimum atomic E-state index is -0.422. The van der Waals surface area contributed by atoms with E-state index in [0.29, 0.717) is 25.2 Å². The van der Waals surface area contributed by atoms with E-state index in [-0.39, 0.29) is 16.3 Å². The van der Waals surface area contributed by atoms with Gasteiger partial charge < -0.3 is 9.47 Å². The van der Waals surface area contributed by atoms with Gasteiger partial charge in [-0.3, -0.25) is 4.79 Å². The molecule has 0 aliphatic carbocycles. The molecular weight excluding hydrogens is 442 g/mol. The number of thioether (sulfide) groups is 1. The Hall–Kier alpha value is -2.29. The largest absolute Gasteiger partial charge is 0.493 e. The standard InChI is InChI=1S/C29H39NO3S/c1-6-10-22(2)21-33-25-15-13-23(14-16-25)26(29(3,4)32-5)17-18-28(31)34-27(19-20-30)24-11-8-7-9-12-24/h7-9,11-16,22,26-27H,6,10,17-19,21H2,1-5H3/t22?,26-,27+/m1/s1. The molecule has 0 saturated heterocycles. The average molecular weight is 482 g/mol. The monoisotopic (exact) mass is 481 g/mol. The molecule has 4 nitrogen and oxygen atoms in total. The van der Waals surface area contributed by atoms with Crippen LogP contribution in [0.25, 0.3) is 0 Å². The molecule has 3 atom stereocenters. The summed E-state index contributed by atoms with van der Waals surface area (Å²) in [5, 5.41) is 9.20. The summed E-state index contributed by atoms with van der Waals surface area (Å²) >= 11 is 1.27. The molecule has 0 aliphatic rings. The van der Waals surface area contributed by atoms with Crippen molar-refractivity contribution in [2.45, 2.75) is 76.6 Å². The van der Waals surface area contributed by atoms with Gasteiger partial charge in [0.1, 0.15) is 5.75 Å². The third-order valence-corrected chi connectivity index (χ3v) is 7.51. The van der Waals surface area contributed by atoms with Crippen molar-refractivity contribution in [3.8, 4) is 11.8 Å². The summed E-state index contributed by atoms with van der Waals surface area (Å²) in [4.78, 5) is 12.9. The van der Waals surface area contributed by atoms with Gasteiger partial charge >= 0.3 is 0 Å². The lowest BCUT2D eigenvalue weighted by Gasteiger charge is -2.33. The first-order valence-electron chi connectivity index (χ1n) is 12.2. The first-order chi connectivity index (χ1) is 16.3. The van der Waals surface area contributed by atoms with Gasteiger partial charge in [-0.1, -0.05) is 74.5 Å². The molecule has 0 aromatic heterocycles. The van der Waals surface area contributed by atoms with Crippen LogP contribution in [0.5, 0.6) is 5.75 Å². The Kier molecular flexibility index (Phi) is 11.7. The van der Waals surface area contributed by atoms with Gasteiger partial charge in [0.05, 0.1) is 29.9 Å². The Bertz CT molecular complexity index is 905. The lowest BCUT2D eigenvalue weighted by molar-refractivity contribution is -0.111. The molecule has 2 aromatic carbocycles. The molecule has 0 N–H and O–H groups in total. The highest BCUT2D eigenvalue weighted by Gasteiger charge is 2.31. The summed E-state index contributed by atoms with van der Waals surface area (Å²) < 4.78 is 11.8. The topological polar surface area (TPSA) is 59.3 Å². The quantitative estimate of drug-likeness (QED) is 0.277. The normalized spacial score (nSPS) is 14.1. The Morgan fingerprint density at radius 3 is 2.32 bits per heavy atom. The zero-order valence-corrected chi connectivity index (χ0v) is 22.1. The van der Waals surface area contributed by atoms with Crippen molar-refractivity contribution in [1.82, 2.24) is 0 Å². The second kappa shape index (κ2) is 14.2. The Morgan fingerprint density at radius 1 is 1.06 bits per heavy atom. The maximum Gasteiger partial charge on any atom is 0.189 e. The van der Waals surface area contributed by atoms with Gasteiger partial charge in [0.15, 0.2) is 5.12 Å². The van der Waals surface area contributed by atoms with Crippen LogP contribution in [-0.2, 0) is 9.53 Å². The number of methoxy groups -OCH3 is 1. The minimum Gasteiger partial charge on any atom is -0.493 e. The summed E-state index contributed by atoms with van der Waals surface area (Å²) in [5.74, 6) is 1.46. The number of carbonyl (C=O) groups excluding carboxylic acids is 1. The molecule has 0 heterocycles. The highest BCUT2D eigenvalue weighted by molar-refractivity contribution is 8.13. The van der Waals surface area contributed by atoms with Crippen molar-refractivity contribution in [1.29, 1.82) is 5.26 Å². The number of nitrogens with zero attached hydrogens (tertiary/aromatic N) is 1. The first kappa shape index (κ1) is 28.0. The van der Waals surface area contributed by atoms with Gasteiger partial charge in [-0.25, -0.2) is 0 Å². The van der Waals surface area contributed by atoms with E-state index in [1.54, 1.807) is 7.11 Å². The van der Waals surface area contributed by atoms with Crippen molar-refractivity contribution >= 4 is 16.9 Å². The molecule has 0 aliphatic heterocycles. The van der Waals surface area contributed by atoms with E-state index in [2.05, 4.69) is 45.9 Å². The molecule has 184 valence electrons. The van der Waals surface area contributed by atoms with E-state index in [1.165, 1.54) is 11.8 Å². The summed E-state index contributed by atoms with van der Waals surface area (Å²) in [6, 6.07) is 20.2. The lowest BCUT2D eigenvalue weighted by Crippen LogP contribution is -2.32. The fraction of sp³-hybridized carbons (Fsp3) is 0.517. The number of nitriles is 1. The van der Waals surface area contributed by atoms with Crippen LogP contribution >= 0.6 is 11.8 Å². The second-order valence-electron chi connectivity index (χ2n) is 9.42. The number of benzene rings is 2. The third kappa shape index (κ3) is 8.81. The summed E-state index contributed by atoms with van der Waals surface area (Å²) in [5.41, 5.74) is 1.73. The van der Waals surface area contributed by atoms with Crippen LogP contribution in [-0.4, -0.2) is 24.4 Å². The van der Waals surface area contributed by atoms with E-state index in [0.717, 1.165) is 36.3 Å². The van der Waals surface area contributed by atoms with Crippen LogP contribution in [0.1, 0.15) is 82.1 Å². The predicted molar refractivity (Wildman–Crippen MR) is 141 cm³/mol. The van der Waals surface area contributed by atoms with Gasteiger partial charge in [0.2, 0.25) is 0 Å². The molecule has 0 amide bonds. The van der Waals surface area contributed by atoms with E-state index < -0.39 is 5.60 Å². The van der Waals surface area contributed by atoms with Crippen molar-refractivity contribution in [2.24, 2.45) is 5.92 Å². The van der Waals surface area contributed by atoms with Crippen molar-refractivity contribution in [3.05, 3.63) is 65.7 Å². The predicted octanol–water partition coefficient (Wildman–Crippen LogP) is 7.71. The van der Waals surface area contributed by atoms with E-state index >= 15 is 0 Å². The number of hydrogen-bond donors (Lipinski definition) is 0. The van der Waals surface area contributed by atoms with Crippen molar-refractivity contribution in [3.63, 3.8) is 0 Å². The maximum absolute atomic E-state index is 12.9. The SMILES string of the molecule is CCCC(C)COc1ccc([C@@H](CCC(=O)S[C@@H](CC#N)c2ccccc2)C(C)(C)OC)cc1. The average Bonchev–Trinajstić information content (AvgIpc) is 2.84. The van der Waals surface area contributed by atoms with Crippen LogP contribution in [0.15, 0.2) is 54.6 Å². The molecule has 0 radical (unpaired) electrons. The van der Waals surface area contributed by atoms with Crippen LogP contribution in [0.3, 0.4) is 0 Å². The Labute approximate surface area is 210 Å². The second-order valence-corrected chi connectivity index (χ2v) is 10.7. The highest BCUT2D eigenvalue weighted by Crippen LogP contribution is 2.38. The van der Waals surface area contributed by atoms with Gasteiger partial charge in [-0.05, 0) is 55.9 Å². The van der Waals surface area contributed by atoms with Gasteiger partial charge in [0.25, 0.3) is 0 Å². The third-order valence-electron chi connectivity index (χ3n) is 6.32. The molecule has 5 heteroatoms. The van der Waals surface area contributed by atoms with Crippen molar-refractivity contribution < 1.29 is 14.3 Å². The van der Waals surface area contributed by atoms with Crippen LogP contribution < -0.4 is 4.74 Å². The van der Waals surface area contributed by atoms with Crippen molar-refractivity contribution in [2.75, 3.05) is 13.7 Å². The fourth-order valence-corrected chi connectivity index (χ4v) is 5.13. The molecule has 2 rings (SSSR count). The van der Waals surface area contributed by atoms with Crippen LogP contribution in [0, 0.1) is 17.2 Å². The lowest BCUT2D eigenvalue weighted by atomic mass is 9.81. The molecule has 0 spiro atoms. The molecule has 2 aromatic rings. The van der Waals surface area contributed by atoms with Gasteiger partial charge in [-0.2, -0.15) is 5.26 Å². The zero-order chi connectivity index (χ0) is 25.0. The molecule has 0 saturated carbocycles. The molecule has 0 fully saturated rings.